The standard InChI is InChI=1S/C18H24N2O/c1-16-7-9-18(10-8-16)21-14-13-20(12-11-19)15-17-5-3-2-4-6-17/h2-10H,11-15,19H2,1H3. The predicted molar refractivity (Wildman–Crippen MR) is 87.4 cm³/mol. The van der Waals surface area contributed by atoms with E-state index >= 15 is 0 Å². The largest absolute Gasteiger partial charge is 0.492 e. The lowest BCUT2D eigenvalue weighted by Gasteiger charge is -2.21. The van der Waals surface area contributed by atoms with E-state index in [2.05, 4.69) is 48.2 Å². The van der Waals surface area contributed by atoms with Gasteiger partial charge in [0.15, 0.2) is 0 Å². The number of hydrogen-bond donors (Lipinski definition) is 1. The molecule has 2 N–H and O–H groups in total. The molecule has 0 heterocycles. The number of rotatable bonds is 8. The summed E-state index contributed by atoms with van der Waals surface area (Å²) in [6.45, 7) is 6.08. The fourth-order valence-corrected chi connectivity index (χ4v) is 2.22. The van der Waals surface area contributed by atoms with Crippen LogP contribution in [0.15, 0.2) is 54.6 Å². The number of aryl methyl sites for hydroxylation is 1. The van der Waals surface area contributed by atoms with Crippen LogP contribution in [-0.2, 0) is 6.54 Å². The molecule has 2 rings (SSSR count). The van der Waals surface area contributed by atoms with Crippen LogP contribution in [0.25, 0.3) is 0 Å². The summed E-state index contributed by atoms with van der Waals surface area (Å²) in [6.07, 6.45) is 0. The maximum Gasteiger partial charge on any atom is 0.119 e. The van der Waals surface area contributed by atoms with Crippen LogP contribution in [0, 0.1) is 6.92 Å². The van der Waals surface area contributed by atoms with E-state index < -0.39 is 0 Å². The highest BCUT2D eigenvalue weighted by atomic mass is 16.5. The van der Waals surface area contributed by atoms with Gasteiger partial charge in [0.2, 0.25) is 0 Å². The van der Waals surface area contributed by atoms with E-state index in [1.807, 2.05) is 18.2 Å². The molecule has 21 heavy (non-hydrogen) atoms. The van der Waals surface area contributed by atoms with Crippen molar-refractivity contribution in [2.45, 2.75) is 13.5 Å². The maximum atomic E-state index is 5.79. The van der Waals surface area contributed by atoms with E-state index in [4.69, 9.17) is 10.5 Å². The zero-order chi connectivity index (χ0) is 14.9. The van der Waals surface area contributed by atoms with E-state index in [1.54, 1.807) is 0 Å². The minimum absolute atomic E-state index is 0.664. The highest BCUT2D eigenvalue weighted by Gasteiger charge is 2.05. The second-order valence-electron chi connectivity index (χ2n) is 5.21. The average molecular weight is 284 g/mol. The smallest absolute Gasteiger partial charge is 0.119 e. The van der Waals surface area contributed by atoms with E-state index in [0.717, 1.165) is 25.4 Å². The Balaban J connectivity index is 1.81. The van der Waals surface area contributed by atoms with Crippen molar-refractivity contribution >= 4 is 0 Å². The lowest BCUT2D eigenvalue weighted by atomic mass is 10.2. The van der Waals surface area contributed by atoms with Crippen molar-refractivity contribution in [2.75, 3.05) is 26.2 Å². The third-order valence-corrected chi connectivity index (χ3v) is 3.39. The summed E-state index contributed by atoms with van der Waals surface area (Å²) in [5, 5.41) is 0. The van der Waals surface area contributed by atoms with Crippen LogP contribution in [0.2, 0.25) is 0 Å². The fourth-order valence-electron chi connectivity index (χ4n) is 2.22. The van der Waals surface area contributed by atoms with Gasteiger partial charge in [-0.15, -0.1) is 0 Å². The van der Waals surface area contributed by atoms with Gasteiger partial charge in [0, 0.05) is 26.2 Å². The van der Waals surface area contributed by atoms with Crippen LogP contribution in [0.1, 0.15) is 11.1 Å². The molecule has 0 saturated carbocycles. The average Bonchev–Trinajstić information content (AvgIpc) is 2.50. The Morgan fingerprint density at radius 1 is 0.952 bits per heavy atom. The van der Waals surface area contributed by atoms with Gasteiger partial charge in [-0.05, 0) is 24.6 Å². The normalized spacial score (nSPS) is 10.8. The van der Waals surface area contributed by atoms with E-state index in [0.29, 0.717) is 13.2 Å². The SMILES string of the molecule is Cc1ccc(OCCN(CCN)Cc2ccccc2)cc1. The Kier molecular flexibility index (Phi) is 6.25. The monoisotopic (exact) mass is 284 g/mol. The minimum atomic E-state index is 0.664. The van der Waals surface area contributed by atoms with Crippen LogP contribution >= 0.6 is 0 Å². The molecule has 0 fully saturated rings. The molecule has 0 atom stereocenters. The third-order valence-electron chi connectivity index (χ3n) is 3.39. The first-order valence-electron chi connectivity index (χ1n) is 7.44. The molecule has 0 aromatic heterocycles. The molecule has 0 spiro atoms. The molecule has 0 aliphatic rings. The van der Waals surface area contributed by atoms with Crippen LogP contribution in [-0.4, -0.2) is 31.1 Å². The molecule has 0 aliphatic heterocycles. The molecule has 112 valence electrons. The molecule has 0 aliphatic carbocycles. The Labute approximate surface area is 127 Å². The van der Waals surface area contributed by atoms with Crippen LogP contribution in [0.4, 0.5) is 0 Å². The van der Waals surface area contributed by atoms with E-state index in [9.17, 15) is 0 Å². The molecule has 3 heteroatoms. The second-order valence-corrected chi connectivity index (χ2v) is 5.21. The van der Waals surface area contributed by atoms with E-state index in [-0.39, 0.29) is 0 Å². The van der Waals surface area contributed by atoms with Gasteiger partial charge in [0.1, 0.15) is 12.4 Å². The summed E-state index contributed by atoms with van der Waals surface area (Å²) >= 11 is 0. The van der Waals surface area contributed by atoms with Crippen LogP contribution < -0.4 is 10.5 Å². The number of ether oxygens (including phenoxy) is 1. The van der Waals surface area contributed by atoms with Gasteiger partial charge in [-0.3, -0.25) is 4.90 Å². The molecule has 0 radical (unpaired) electrons. The molecule has 0 bridgehead atoms. The predicted octanol–water partition coefficient (Wildman–Crippen LogP) is 2.83. The van der Waals surface area contributed by atoms with Gasteiger partial charge < -0.3 is 10.5 Å². The maximum absolute atomic E-state index is 5.79. The summed E-state index contributed by atoms with van der Waals surface area (Å²) in [5.74, 6) is 0.924. The molecule has 3 nitrogen and oxygen atoms in total. The topological polar surface area (TPSA) is 38.5 Å². The highest BCUT2D eigenvalue weighted by Crippen LogP contribution is 2.11. The molecule has 0 saturated heterocycles. The van der Waals surface area contributed by atoms with Crippen molar-refractivity contribution in [1.29, 1.82) is 0 Å². The quantitative estimate of drug-likeness (QED) is 0.810. The van der Waals surface area contributed by atoms with Crippen molar-refractivity contribution in [1.82, 2.24) is 4.90 Å². The highest BCUT2D eigenvalue weighted by molar-refractivity contribution is 5.26. The molecule has 0 unspecified atom stereocenters. The number of benzene rings is 2. The first kappa shape index (κ1) is 15.5. The number of nitrogens with zero attached hydrogens (tertiary/aromatic N) is 1. The lowest BCUT2D eigenvalue weighted by Crippen LogP contribution is -2.32. The Morgan fingerprint density at radius 2 is 1.67 bits per heavy atom. The Hall–Kier alpha value is -1.84. The van der Waals surface area contributed by atoms with Crippen molar-refractivity contribution in [2.24, 2.45) is 5.73 Å². The van der Waals surface area contributed by atoms with Gasteiger partial charge in [0.05, 0.1) is 0 Å². The number of nitrogens with two attached hydrogens (primary N) is 1. The van der Waals surface area contributed by atoms with Crippen molar-refractivity contribution < 1.29 is 4.74 Å². The Morgan fingerprint density at radius 3 is 2.33 bits per heavy atom. The van der Waals surface area contributed by atoms with E-state index in [1.165, 1.54) is 11.1 Å². The summed E-state index contributed by atoms with van der Waals surface area (Å²) < 4.78 is 5.79. The summed E-state index contributed by atoms with van der Waals surface area (Å²) in [5.41, 5.74) is 8.25. The van der Waals surface area contributed by atoms with Crippen molar-refractivity contribution in [3.05, 3.63) is 65.7 Å². The molecular weight excluding hydrogens is 260 g/mol. The first-order chi connectivity index (χ1) is 10.3. The van der Waals surface area contributed by atoms with Gasteiger partial charge >= 0.3 is 0 Å². The van der Waals surface area contributed by atoms with Gasteiger partial charge in [-0.25, -0.2) is 0 Å². The zero-order valence-electron chi connectivity index (χ0n) is 12.7. The first-order valence-corrected chi connectivity index (χ1v) is 7.44. The fraction of sp³-hybridized carbons (Fsp3) is 0.333. The molecule has 0 amide bonds. The van der Waals surface area contributed by atoms with Gasteiger partial charge in [-0.2, -0.15) is 0 Å². The molecular formula is C18H24N2O. The van der Waals surface area contributed by atoms with Gasteiger partial charge in [0.25, 0.3) is 0 Å². The van der Waals surface area contributed by atoms with Crippen LogP contribution in [0.3, 0.4) is 0 Å². The van der Waals surface area contributed by atoms with Crippen molar-refractivity contribution in [3.8, 4) is 5.75 Å². The molecule has 2 aromatic rings. The lowest BCUT2D eigenvalue weighted by molar-refractivity contribution is 0.206. The van der Waals surface area contributed by atoms with Crippen LogP contribution in [0.5, 0.6) is 5.75 Å². The molecule has 2 aromatic carbocycles. The Bertz CT molecular complexity index is 511. The van der Waals surface area contributed by atoms with Gasteiger partial charge in [-0.1, -0.05) is 48.0 Å². The van der Waals surface area contributed by atoms with Crippen molar-refractivity contribution in [3.63, 3.8) is 0 Å². The second kappa shape index (κ2) is 8.45. The zero-order valence-corrected chi connectivity index (χ0v) is 12.7. The summed E-state index contributed by atoms with van der Waals surface area (Å²) in [6, 6.07) is 18.6. The number of hydrogen-bond acceptors (Lipinski definition) is 3. The summed E-state index contributed by atoms with van der Waals surface area (Å²) in [4.78, 5) is 2.32. The third kappa shape index (κ3) is 5.58. The minimum Gasteiger partial charge on any atom is -0.492 e. The summed E-state index contributed by atoms with van der Waals surface area (Å²) in [7, 11) is 0.